The summed E-state index contributed by atoms with van der Waals surface area (Å²) >= 11 is 1.54. The van der Waals surface area contributed by atoms with Gasteiger partial charge in [0.1, 0.15) is 0 Å². The molecule has 6 nitrogen and oxygen atoms in total. The van der Waals surface area contributed by atoms with E-state index in [1.807, 2.05) is 29.6 Å². The standard InChI is InChI=1S/C23H14F3N5OS/c24-23(25,26)16-4-1-3-15(13-16)22(32)27-17-8-6-14(7-9-17)18-10-11-20-28-29-21(31(20)30-18)19-5-2-12-33-19/h1-13H,(H,27,32). The number of thiophene rings is 1. The Morgan fingerprint density at radius 3 is 2.48 bits per heavy atom. The second-order valence-corrected chi connectivity index (χ2v) is 8.05. The Balaban J connectivity index is 1.37. The normalized spacial score (nSPS) is 11.6. The van der Waals surface area contributed by atoms with Gasteiger partial charge in [-0.2, -0.15) is 22.8 Å². The fourth-order valence-corrected chi connectivity index (χ4v) is 3.96. The molecule has 0 saturated carbocycles. The average molecular weight is 465 g/mol. The molecule has 0 atom stereocenters. The SMILES string of the molecule is O=C(Nc1ccc(-c2ccc3nnc(-c4cccs4)n3n2)cc1)c1cccc(C(F)(F)F)c1. The quantitative estimate of drug-likeness (QED) is 0.365. The van der Waals surface area contributed by atoms with E-state index in [9.17, 15) is 18.0 Å². The number of hydrogen-bond donors (Lipinski definition) is 1. The summed E-state index contributed by atoms with van der Waals surface area (Å²) in [5.41, 5.74) is 1.59. The van der Waals surface area contributed by atoms with Gasteiger partial charge in [0.05, 0.1) is 16.1 Å². The van der Waals surface area contributed by atoms with E-state index in [0.717, 1.165) is 22.6 Å². The molecule has 1 amide bonds. The summed E-state index contributed by atoms with van der Waals surface area (Å²) in [6.07, 6.45) is -4.51. The zero-order chi connectivity index (χ0) is 23.0. The summed E-state index contributed by atoms with van der Waals surface area (Å²) in [5.74, 6) is 0.0188. The Kier molecular flexibility index (Phi) is 5.14. The second-order valence-electron chi connectivity index (χ2n) is 7.10. The monoisotopic (exact) mass is 465 g/mol. The van der Waals surface area contributed by atoms with Gasteiger partial charge in [-0.25, -0.2) is 0 Å². The van der Waals surface area contributed by atoms with E-state index >= 15 is 0 Å². The van der Waals surface area contributed by atoms with Gasteiger partial charge in [0.15, 0.2) is 11.5 Å². The van der Waals surface area contributed by atoms with Crippen LogP contribution in [0.3, 0.4) is 0 Å². The average Bonchev–Trinajstić information content (AvgIpc) is 3.48. The summed E-state index contributed by atoms with van der Waals surface area (Å²) in [4.78, 5) is 13.4. The summed E-state index contributed by atoms with van der Waals surface area (Å²) in [6, 6.07) is 18.7. The van der Waals surface area contributed by atoms with Gasteiger partial charge in [-0.3, -0.25) is 4.79 Å². The summed E-state index contributed by atoms with van der Waals surface area (Å²) in [5, 5.41) is 17.6. The number of fused-ring (bicyclic) bond motifs is 1. The minimum absolute atomic E-state index is 0.0743. The van der Waals surface area contributed by atoms with Crippen LogP contribution in [0.15, 0.2) is 78.2 Å². The number of alkyl halides is 3. The van der Waals surface area contributed by atoms with E-state index in [-0.39, 0.29) is 5.56 Å². The van der Waals surface area contributed by atoms with E-state index in [1.54, 1.807) is 28.8 Å². The van der Waals surface area contributed by atoms with Gasteiger partial charge in [0, 0.05) is 16.8 Å². The number of nitrogens with zero attached hydrogens (tertiary/aromatic N) is 4. The first-order chi connectivity index (χ1) is 15.9. The van der Waals surface area contributed by atoms with Crippen LogP contribution < -0.4 is 5.32 Å². The highest BCUT2D eigenvalue weighted by molar-refractivity contribution is 7.13. The second kappa shape index (κ2) is 8.14. The van der Waals surface area contributed by atoms with Crippen molar-refractivity contribution >= 4 is 28.6 Å². The Bertz CT molecular complexity index is 1440. The maximum atomic E-state index is 12.9. The molecule has 0 fully saturated rings. The Morgan fingerprint density at radius 2 is 1.76 bits per heavy atom. The fraction of sp³-hybridized carbons (Fsp3) is 0.0435. The zero-order valence-electron chi connectivity index (χ0n) is 16.7. The molecular weight excluding hydrogens is 451 g/mol. The molecule has 5 rings (SSSR count). The van der Waals surface area contributed by atoms with Gasteiger partial charge >= 0.3 is 6.18 Å². The molecule has 33 heavy (non-hydrogen) atoms. The maximum absolute atomic E-state index is 12.9. The number of carbonyl (C=O) groups excluding carboxylic acids is 1. The molecule has 164 valence electrons. The van der Waals surface area contributed by atoms with Crippen molar-refractivity contribution in [1.82, 2.24) is 19.8 Å². The van der Waals surface area contributed by atoms with Crippen LogP contribution in [-0.2, 0) is 6.18 Å². The molecule has 0 bridgehead atoms. The Hall–Kier alpha value is -4.05. The van der Waals surface area contributed by atoms with Gasteiger partial charge in [0.25, 0.3) is 5.91 Å². The van der Waals surface area contributed by atoms with E-state index in [4.69, 9.17) is 0 Å². The number of nitrogens with one attached hydrogen (secondary N) is 1. The molecule has 0 unspecified atom stereocenters. The first-order valence-electron chi connectivity index (χ1n) is 9.74. The number of hydrogen-bond acceptors (Lipinski definition) is 5. The number of carbonyl (C=O) groups is 1. The molecule has 0 radical (unpaired) electrons. The van der Waals surface area contributed by atoms with Crippen LogP contribution in [0.25, 0.3) is 27.6 Å². The molecule has 10 heteroatoms. The van der Waals surface area contributed by atoms with Crippen LogP contribution in [0.2, 0.25) is 0 Å². The van der Waals surface area contributed by atoms with Crippen LogP contribution in [0.5, 0.6) is 0 Å². The molecule has 0 spiro atoms. The molecule has 0 aliphatic carbocycles. The summed E-state index contributed by atoms with van der Waals surface area (Å²) in [6.45, 7) is 0. The van der Waals surface area contributed by atoms with Gasteiger partial charge in [0.2, 0.25) is 0 Å². The third kappa shape index (κ3) is 4.20. The lowest BCUT2D eigenvalue weighted by Gasteiger charge is -2.10. The van der Waals surface area contributed by atoms with Crippen LogP contribution in [0.4, 0.5) is 18.9 Å². The largest absolute Gasteiger partial charge is 0.416 e. The first-order valence-corrected chi connectivity index (χ1v) is 10.6. The van der Waals surface area contributed by atoms with Crippen LogP contribution in [0.1, 0.15) is 15.9 Å². The minimum Gasteiger partial charge on any atom is -0.322 e. The van der Waals surface area contributed by atoms with Crippen molar-refractivity contribution in [3.63, 3.8) is 0 Å². The molecule has 5 aromatic rings. The molecule has 0 saturated heterocycles. The van der Waals surface area contributed by atoms with Crippen molar-refractivity contribution in [1.29, 1.82) is 0 Å². The maximum Gasteiger partial charge on any atom is 0.416 e. The van der Waals surface area contributed by atoms with Crippen molar-refractivity contribution in [3.05, 3.63) is 89.3 Å². The van der Waals surface area contributed by atoms with Gasteiger partial charge < -0.3 is 5.32 Å². The number of aromatic nitrogens is 4. The third-order valence-corrected chi connectivity index (χ3v) is 5.76. The van der Waals surface area contributed by atoms with Crippen LogP contribution >= 0.6 is 11.3 Å². The van der Waals surface area contributed by atoms with Crippen molar-refractivity contribution in [2.24, 2.45) is 0 Å². The molecule has 0 aliphatic heterocycles. The van der Waals surface area contributed by atoms with E-state index in [1.165, 1.54) is 23.5 Å². The third-order valence-electron chi connectivity index (χ3n) is 4.89. The van der Waals surface area contributed by atoms with E-state index in [2.05, 4.69) is 20.6 Å². The van der Waals surface area contributed by atoms with Crippen LogP contribution in [0, 0.1) is 0 Å². The molecule has 2 aromatic carbocycles. The van der Waals surface area contributed by atoms with Gasteiger partial charge in [-0.05, 0) is 53.9 Å². The molecule has 3 heterocycles. The van der Waals surface area contributed by atoms with Crippen LogP contribution in [-0.4, -0.2) is 25.7 Å². The molecule has 0 aliphatic rings. The number of rotatable bonds is 4. The predicted molar refractivity (Wildman–Crippen MR) is 119 cm³/mol. The molecular formula is C23H14F3N5OS. The summed E-state index contributed by atoms with van der Waals surface area (Å²) < 4.78 is 40.4. The Labute approximate surface area is 189 Å². The molecule has 1 N–H and O–H groups in total. The van der Waals surface area contributed by atoms with Crippen molar-refractivity contribution in [2.75, 3.05) is 5.32 Å². The van der Waals surface area contributed by atoms with Crippen molar-refractivity contribution in [2.45, 2.75) is 6.18 Å². The highest BCUT2D eigenvalue weighted by Gasteiger charge is 2.30. The first kappa shape index (κ1) is 20.8. The molecule has 3 aromatic heterocycles. The highest BCUT2D eigenvalue weighted by atomic mass is 32.1. The number of anilines is 1. The topological polar surface area (TPSA) is 72.2 Å². The fourth-order valence-electron chi connectivity index (χ4n) is 3.27. The number of benzene rings is 2. The predicted octanol–water partition coefficient (Wildman–Crippen LogP) is 5.79. The minimum atomic E-state index is -4.51. The van der Waals surface area contributed by atoms with Gasteiger partial charge in [-0.15, -0.1) is 21.5 Å². The lowest BCUT2D eigenvalue weighted by molar-refractivity contribution is -0.137. The van der Waals surface area contributed by atoms with Crippen molar-refractivity contribution in [3.8, 4) is 22.0 Å². The highest BCUT2D eigenvalue weighted by Crippen LogP contribution is 2.30. The lowest BCUT2D eigenvalue weighted by atomic mass is 10.1. The summed E-state index contributed by atoms with van der Waals surface area (Å²) in [7, 11) is 0. The van der Waals surface area contributed by atoms with Gasteiger partial charge in [-0.1, -0.05) is 24.3 Å². The lowest BCUT2D eigenvalue weighted by Crippen LogP contribution is -2.13. The van der Waals surface area contributed by atoms with Crippen molar-refractivity contribution < 1.29 is 18.0 Å². The zero-order valence-corrected chi connectivity index (χ0v) is 17.6. The van der Waals surface area contributed by atoms with E-state index < -0.39 is 17.6 Å². The van der Waals surface area contributed by atoms with E-state index in [0.29, 0.717) is 22.9 Å². The number of halogens is 3. The smallest absolute Gasteiger partial charge is 0.322 e. The number of amides is 1. The Morgan fingerprint density at radius 1 is 0.939 bits per heavy atom.